The topological polar surface area (TPSA) is 66.0 Å². The molecular formula is C17H17NO5. The minimum atomic E-state index is -0.517. The van der Waals surface area contributed by atoms with Crippen LogP contribution in [0, 0.1) is 0 Å². The van der Waals surface area contributed by atoms with Crippen LogP contribution in [0.4, 0.5) is 5.69 Å². The van der Waals surface area contributed by atoms with Crippen LogP contribution >= 0.6 is 0 Å². The zero-order valence-electron chi connectivity index (χ0n) is 13.1. The number of rotatable bonds is 4. The Bertz CT molecular complexity index is 719. The molecule has 0 aliphatic carbocycles. The van der Waals surface area contributed by atoms with Crippen LogP contribution in [0.15, 0.2) is 36.4 Å². The molecule has 0 bridgehead atoms. The predicted octanol–water partition coefficient (Wildman–Crippen LogP) is 2.99. The Morgan fingerprint density at radius 2 is 1.87 bits per heavy atom. The van der Waals surface area contributed by atoms with E-state index in [4.69, 9.17) is 18.9 Å². The van der Waals surface area contributed by atoms with E-state index in [0.29, 0.717) is 17.1 Å². The Kier molecular flexibility index (Phi) is 3.97. The molecule has 1 unspecified atom stereocenters. The molecule has 1 atom stereocenters. The second-order valence-corrected chi connectivity index (χ2v) is 4.90. The van der Waals surface area contributed by atoms with E-state index in [9.17, 15) is 4.79 Å². The summed E-state index contributed by atoms with van der Waals surface area (Å²) in [6.07, 6.45) is -0.513. The third-order valence-electron chi connectivity index (χ3n) is 3.67. The summed E-state index contributed by atoms with van der Waals surface area (Å²) in [5.41, 5.74) is 1.76. The fourth-order valence-electron chi connectivity index (χ4n) is 2.60. The third kappa shape index (κ3) is 2.52. The van der Waals surface area contributed by atoms with Crippen LogP contribution in [0.25, 0.3) is 0 Å². The molecule has 2 aromatic carbocycles. The molecule has 0 amide bonds. The summed E-state index contributed by atoms with van der Waals surface area (Å²) >= 11 is 0. The molecule has 6 nitrogen and oxygen atoms in total. The Morgan fingerprint density at radius 3 is 2.52 bits per heavy atom. The fraction of sp³-hybridized carbons (Fsp3) is 0.235. The van der Waals surface area contributed by atoms with Crippen LogP contribution in [0.3, 0.4) is 0 Å². The lowest BCUT2D eigenvalue weighted by atomic mass is 10.0. The lowest BCUT2D eigenvalue weighted by molar-refractivity contribution is 0.0592. The van der Waals surface area contributed by atoms with E-state index >= 15 is 0 Å². The first-order valence-corrected chi connectivity index (χ1v) is 7.05. The highest BCUT2D eigenvalue weighted by molar-refractivity contribution is 5.95. The van der Waals surface area contributed by atoms with E-state index < -0.39 is 12.2 Å². The second-order valence-electron chi connectivity index (χ2n) is 4.90. The molecule has 0 fully saturated rings. The number of hydrogen-bond donors (Lipinski definition) is 1. The molecule has 0 aromatic heterocycles. The lowest BCUT2D eigenvalue weighted by Crippen LogP contribution is -2.17. The van der Waals surface area contributed by atoms with Crippen molar-refractivity contribution >= 4 is 11.7 Å². The van der Waals surface area contributed by atoms with Gasteiger partial charge < -0.3 is 24.3 Å². The minimum absolute atomic E-state index is 0.277. The molecule has 0 radical (unpaired) electrons. The molecule has 0 spiro atoms. The van der Waals surface area contributed by atoms with Gasteiger partial charge in [-0.2, -0.15) is 0 Å². The molecule has 3 rings (SSSR count). The van der Waals surface area contributed by atoms with E-state index in [1.165, 1.54) is 21.3 Å². The van der Waals surface area contributed by atoms with Gasteiger partial charge in [0.2, 0.25) is 0 Å². The van der Waals surface area contributed by atoms with Gasteiger partial charge in [0.05, 0.1) is 27.0 Å². The molecule has 1 aliphatic heterocycles. The van der Waals surface area contributed by atoms with E-state index in [1.54, 1.807) is 12.1 Å². The summed E-state index contributed by atoms with van der Waals surface area (Å²) < 4.78 is 21.4. The van der Waals surface area contributed by atoms with E-state index in [-0.39, 0.29) is 5.56 Å². The van der Waals surface area contributed by atoms with Crippen LogP contribution in [0.5, 0.6) is 17.2 Å². The summed E-state index contributed by atoms with van der Waals surface area (Å²) in [6.45, 7) is 0. The van der Waals surface area contributed by atoms with Crippen molar-refractivity contribution in [3.8, 4) is 17.2 Å². The number of methoxy groups -OCH3 is 3. The van der Waals surface area contributed by atoms with Crippen LogP contribution in [-0.4, -0.2) is 27.3 Å². The summed E-state index contributed by atoms with van der Waals surface area (Å²) in [4.78, 5) is 12.3. The Hall–Kier alpha value is -2.89. The molecule has 1 heterocycles. The van der Waals surface area contributed by atoms with Crippen LogP contribution < -0.4 is 19.5 Å². The molecule has 1 N–H and O–H groups in total. The maximum Gasteiger partial charge on any atom is 0.342 e. The molecule has 120 valence electrons. The monoisotopic (exact) mass is 315 g/mol. The third-order valence-corrected chi connectivity index (χ3v) is 3.67. The van der Waals surface area contributed by atoms with E-state index in [0.717, 1.165) is 11.4 Å². The maximum absolute atomic E-state index is 12.3. The van der Waals surface area contributed by atoms with Gasteiger partial charge in [0.1, 0.15) is 11.3 Å². The number of carbonyl (C=O) groups is 1. The van der Waals surface area contributed by atoms with Crippen molar-refractivity contribution in [1.82, 2.24) is 0 Å². The Morgan fingerprint density at radius 1 is 1.09 bits per heavy atom. The summed E-state index contributed by atoms with van der Waals surface area (Å²) in [6, 6.07) is 11.1. The highest BCUT2D eigenvalue weighted by Gasteiger charge is 2.31. The Labute approximate surface area is 133 Å². The van der Waals surface area contributed by atoms with Crippen molar-refractivity contribution in [3.63, 3.8) is 0 Å². The standard InChI is InChI=1S/C17H17NO5/c1-20-13-9-8-10(14(15(13)21-2)17(19)22-3)16-18-11-6-4-5-7-12(11)23-16/h4-9,16,18H,1-3H3. The van der Waals surface area contributed by atoms with Crippen LogP contribution in [0.2, 0.25) is 0 Å². The van der Waals surface area contributed by atoms with Gasteiger partial charge in [0.15, 0.2) is 17.7 Å². The van der Waals surface area contributed by atoms with Gasteiger partial charge in [-0.1, -0.05) is 12.1 Å². The SMILES string of the molecule is COC(=O)c1c(C2Nc3ccccc3O2)ccc(OC)c1OC. The van der Waals surface area contributed by atoms with Crippen molar-refractivity contribution in [2.45, 2.75) is 6.23 Å². The van der Waals surface area contributed by atoms with E-state index in [1.807, 2.05) is 24.3 Å². The molecule has 23 heavy (non-hydrogen) atoms. The number of anilines is 1. The molecule has 1 aliphatic rings. The first-order chi connectivity index (χ1) is 11.2. The van der Waals surface area contributed by atoms with E-state index in [2.05, 4.69) is 5.32 Å². The van der Waals surface area contributed by atoms with Crippen molar-refractivity contribution in [2.75, 3.05) is 26.6 Å². The molecule has 0 saturated carbocycles. The molecular weight excluding hydrogens is 298 g/mol. The predicted molar refractivity (Wildman–Crippen MR) is 84.3 cm³/mol. The number of ether oxygens (including phenoxy) is 4. The highest BCUT2D eigenvalue weighted by atomic mass is 16.5. The van der Waals surface area contributed by atoms with Gasteiger partial charge in [-0.25, -0.2) is 4.79 Å². The number of hydrogen-bond acceptors (Lipinski definition) is 6. The van der Waals surface area contributed by atoms with Crippen LogP contribution in [0.1, 0.15) is 22.1 Å². The smallest absolute Gasteiger partial charge is 0.342 e. The lowest BCUT2D eigenvalue weighted by Gasteiger charge is -2.19. The average Bonchev–Trinajstić information content (AvgIpc) is 3.03. The van der Waals surface area contributed by atoms with Gasteiger partial charge >= 0.3 is 5.97 Å². The minimum Gasteiger partial charge on any atom is -0.493 e. The van der Waals surface area contributed by atoms with Gasteiger partial charge in [0, 0.05) is 5.56 Å². The van der Waals surface area contributed by atoms with Gasteiger partial charge in [-0.15, -0.1) is 0 Å². The number of carbonyl (C=O) groups excluding carboxylic acids is 1. The molecule has 2 aromatic rings. The number of esters is 1. The van der Waals surface area contributed by atoms with Crippen molar-refractivity contribution in [1.29, 1.82) is 0 Å². The average molecular weight is 315 g/mol. The maximum atomic E-state index is 12.3. The fourth-order valence-corrected chi connectivity index (χ4v) is 2.60. The first kappa shape index (κ1) is 15.0. The molecule has 0 saturated heterocycles. The second kappa shape index (κ2) is 6.08. The van der Waals surface area contributed by atoms with Gasteiger partial charge in [-0.05, 0) is 24.3 Å². The zero-order valence-corrected chi connectivity index (χ0v) is 13.1. The summed E-state index contributed by atoms with van der Waals surface area (Å²) in [7, 11) is 4.31. The quantitative estimate of drug-likeness (QED) is 0.875. The van der Waals surface area contributed by atoms with Crippen LogP contribution in [-0.2, 0) is 4.74 Å². The van der Waals surface area contributed by atoms with Crippen molar-refractivity contribution in [3.05, 3.63) is 47.5 Å². The largest absolute Gasteiger partial charge is 0.493 e. The number of para-hydroxylation sites is 2. The normalized spacial score (nSPS) is 15.2. The number of nitrogens with one attached hydrogen (secondary N) is 1. The number of fused-ring (bicyclic) bond motifs is 1. The first-order valence-electron chi connectivity index (χ1n) is 7.05. The van der Waals surface area contributed by atoms with Gasteiger partial charge in [-0.3, -0.25) is 0 Å². The van der Waals surface area contributed by atoms with Crippen molar-refractivity contribution in [2.24, 2.45) is 0 Å². The highest BCUT2D eigenvalue weighted by Crippen LogP contribution is 2.42. The Balaban J connectivity index is 2.08. The summed E-state index contributed by atoms with van der Waals surface area (Å²) in [5, 5.41) is 3.23. The number of benzene rings is 2. The zero-order chi connectivity index (χ0) is 16.4. The molecule has 6 heteroatoms. The summed E-state index contributed by atoms with van der Waals surface area (Å²) in [5.74, 6) is 0.977. The van der Waals surface area contributed by atoms with Gasteiger partial charge in [0.25, 0.3) is 0 Å². The van der Waals surface area contributed by atoms with Crippen molar-refractivity contribution < 1.29 is 23.7 Å².